The van der Waals surface area contributed by atoms with Crippen LogP contribution in [0.4, 0.5) is 10.8 Å². The summed E-state index contributed by atoms with van der Waals surface area (Å²) in [5, 5.41) is 3.54. The normalized spacial score (nSPS) is 15.2. The Hall–Kier alpha value is -2.75. The number of Topliss-reactive ketones (excluding diaryl/α,β-unsaturated/α-hetero) is 1. The van der Waals surface area contributed by atoms with Gasteiger partial charge in [0.25, 0.3) is 15.9 Å². The Labute approximate surface area is 194 Å². The van der Waals surface area contributed by atoms with Gasteiger partial charge in [-0.15, -0.1) is 0 Å². The molecule has 1 aromatic heterocycles. The zero-order chi connectivity index (χ0) is 23.1. The Morgan fingerprint density at radius 1 is 1.06 bits per heavy atom. The van der Waals surface area contributed by atoms with Crippen molar-refractivity contribution in [1.82, 2.24) is 4.98 Å². The first kappa shape index (κ1) is 22.4. The zero-order valence-corrected chi connectivity index (χ0v) is 19.7. The van der Waals surface area contributed by atoms with Crippen LogP contribution in [0.2, 0.25) is 5.02 Å². The summed E-state index contributed by atoms with van der Waals surface area (Å²) in [5.74, 6) is -0.346. The number of thiazole rings is 1. The molecule has 0 radical (unpaired) electrons. The summed E-state index contributed by atoms with van der Waals surface area (Å²) in [6, 6.07) is 11.8. The minimum absolute atomic E-state index is 0.0478. The molecule has 0 saturated carbocycles. The Morgan fingerprint density at radius 2 is 1.72 bits per heavy atom. The molecule has 2 aromatic carbocycles. The summed E-state index contributed by atoms with van der Waals surface area (Å²) in [5.41, 5.74) is 1.22. The van der Waals surface area contributed by atoms with Gasteiger partial charge >= 0.3 is 0 Å². The number of hydrogen-bond acceptors (Lipinski definition) is 6. The van der Waals surface area contributed by atoms with Gasteiger partial charge in [0, 0.05) is 22.7 Å². The van der Waals surface area contributed by atoms with Crippen LogP contribution < -0.4 is 10.0 Å². The van der Waals surface area contributed by atoms with Gasteiger partial charge < -0.3 is 0 Å². The molecule has 0 spiro atoms. The highest BCUT2D eigenvalue weighted by Crippen LogP contribution is 2.38. The summed E-state index contributed by atoms with van der Waals surface area (Å²) < 4.78 is 27.4. The first-order chi connectivity index (χ1) is 15.0. The van der Waals surface area contributed by atoms with E-state index in [4.69, 9.17) is 11.6 Å². The predicted octanol–water partition coefficient (Wildman–Crippen LogP) is 5.00. The van der Waals surface area contributed by atoms with Crippen molar-refractivity contribution in [2.45, 2.75) is 31.6 Å². The lowest BCUT2D eigenvalue weighted by atomic mass is 9.78. The van der Waals surface area contributed by atoms with Gasteiger partial charge in [-0.2, -0.15) is 0 Å². The maximum Gasteiger partial charge on any atom is 0.261 e. The van der Waals surface area contributed by atoms with Crippen LogP contribution >= 0.6 is 22.9 Å². The van der Waals surface area contributed by atoms with Gasteiger partial charge in [0.05, 0.1) is 15.5 Å². The number of amides is 1. The number of hydrogen-bond donors (Lipinski definition) is 2. The van der Waals surface area contributed by atoms with Crippen LogP contribution in [0, 0.1) is 5.41 Å². The fraction of sp³-hybridized carbons (Fsp3) is 0.227. The van der Waals surface area contributed by atoms with Crippen LogP contribution in [-0.4, -0.2) is 25.1 Å². The summed E-state index contributed by atoms with van der Waals surface area (Å²) in [4.78, 5) is 30.1. The molecule has 0 atom stereocenters. The van der Waals surface area contributed by atoms with Gasteiger partial charge in [-0.25, -0.2) is 13.4 Å². The van der Waals surface area contributed by atoms with E-state index in [2.05, 4.69) is 15.0 Å². The Morgan fingerprint density at radius 3 is 2.38 bits per heavy atom. The Balaban J connectivity index is 1.45. The number of halogens is 1. The highest BCUT2D eigenvalue weighted by atomic mass is 35.5. The predicted molar refractivity (Wildman–Crippen MR) is 125 cm³/mol. The fourth-order valence-electron chi connectivity index (χ4n) is 3.46. The molecule has 2 N–H and O–H groups in total. The monoisotopic (exact) mass is 489 g/mol. The number of sulfonamides is 1. The first-order valence-electron chi connectivity index (χ1n) is 9.75. The molecule has 3 aromatic rings. The van der Waals surface area contributed by atoms with Crippen molar-refractivity contribution in [3.63, 3.8) is 0 Å². The third-order valence-corrected chi connectivity index (χ3v) is 7.68. The summed E-state index contributed by atoms with van der Waals surface area (Å²) >= 11 is 6.99. The molecule has 1 amide bonds. The van der Waals surface area contributed by atoms with E-state index < -0.39 is 15.9 Å². The van der Waals surface area contributed by atoms with Gasteiger partial charge in [-0.05, 0) is 60.4 Å². The summed E-state index contributed by atoms with van der Waals surface area (Å²) in [6.07, 6.45) is 1.14. The van der Waals surface area contributed by atoms with E-state index in [1.165, 1.54) is 59.9 Å². The number of ketones is 1. The highest BCUT2D eigenvalue weighted by molar-refractivity contribution is 7.92. The molecular formula is C22H20ClN3O4S2. The van der Waals surface area contributed by atoms with Crippen molar-refractivity contribution in [3.8, 4) is 0 Å². The number of anilines is 2. The minimum Gasteiger partial charge on any atom is -0.298 e. The second-order valence-corrected chi connectivity index (χ2v) is 11.4. The lowest BCUT2D eigenvalue weighted by Gasteiger charge is -2.26. The topological polar surface area (TPSA) is 105 Å². The Bertz CT molecular complexity index is 1300. The molecule has 1 aliphatic carbocycles. The van der Waals surface area contributed by atoms with Crippen LogP contribution in [0.5, 0.6) is 0 Å². The third-order valence-electron chi connectivity index (χ3n) is 4.98. The molecule has 1 heterocycles. The van der Waals surface area contributed by atoms with Crippen molar-refractivity contribution < 1.29 is 18.0 Å². The SMILES string of the molecule is CC1(C)CC(=O)c2sc(NC(=O)c3ccc(NS(=O)(=O)c4ccc(Cl)cc4)cc3)nc2C1. The number of carbonyl (C=O) groups excluding carboxylic acids is 2. The van der Waals surface area contributed by atoms with Crippen LogP contribution in [0.1, 0.15) is 46.0 Å². The molecule has 166 valence electrons. The lowest BCUT2D eigenvalue weighted by Crippen LogP contribution is -2.26. The zero-order valence-electron chi connectivity index (χ0n) is 17.3. The standard InChI is InChI=1S/C22H20ClN3O4S2/c1-22(2)11-17-19(18(27)12-22)31-21(24-17)25-20(28)13-3-7-15(8-4-13)26-32(29,30)16-9-5-14(23)6-10-16/h3-10,26H,11-12H2,1-2H3,(H,24,25,28). The average molecular weight is 490 g/mol. The molecule has 0 bridgehead atoms. The number of fused-ring (bicyclic) bond motifs is 1. The molecular weight excluding hydrogens is 470 g/mol. The number of carbonyl (C=O) groups is 2. The quantitative estimate of drug-likeness (QED) is 0.524. The highest BCUT2D eigenvalue weighted by Gasteiger charge is 2.34. The number of nitrogens with one attached hydrogen (secondary N) is 2. The van der Waals surface area contributed by atoms with Gasteiger partial charge in [0.1, 0.15) is 0 Å². The largest absolute Gasteiger partial charge is 0.298 e. The van der Waals surface area contributed by atoms with Crippen LogP contribution in [0.3, 0.4) is 0 Å². The van der Waals surface area contributed by atoms with E-state index in [-0.39, 0.29) is 16.1 Å². The molecule has 32 heavy (non-hydrogen) atoms. The van der Waals surface area contributed by atoms with Crippen LogP contribution in [0.25, 0.3) is 0 Å². The third kappa shape index (κ3) is 4.85. The summed E-state index contributed by atoms with van der Waals surface area (Å²) in [7, 11) is -3.78. The molecule has 10 heteroatoms. The van der Waals surface area contributed by atoms with Gasteiger partial charge in [0.15, 0.2) is 10.9 Å². The van der Waals surface area contributed by atoms with Gasteiger partial charge in [0.2, 0.25) is 0 Å². The molecule has 0 unspecified atom stereocenters. The maximum atomic E-state index is 12.6. The maximum absolute atomic E-state index is 12.6. The minimum atomic E-state index is -3.78. The lowest BCUT2D eigenvalue weighted by molar-refractivity contribution is 0.0915. The van der Waals surface area contributed by atoms with Crippen molar-refractivity contribution in [1.29, 1.82) is 0 Å². The molecule has 4 rings (SSSR count). The fourth-order valence-corrected chi connectivity index (χ4v) is 5.56. The second-order valence-electron chi connectivity index (χ2n) is 8.33. The first-order valence-corrected chi connectivity index (χ1v) is 12.4. The van der Waals surface area contributed by atoms with Crippen LogP contribution in [0.15, 0.2) is 53.4 Å². The molecule has 1 aliphatic rings. The van der Waals surface area contributed by atoms with E-state index in [1.54, 1.807) is 0 Å². The van der Waals surface area contributed by atoms with Crippen molar-refractivity contribution in [3.05, 3.63) is 69.7 Å². The number of rotatable bonds is 5. The Kier molecular flexibility index (Phi) is 5.83. The second kappa shape index (κ2) is 8.31. The summed E-state index contributed by atoms with van der Waals surface area (Å²) in [6.45, 7) is 4.04. The average Bonchev–Trinajstić information content (AvgIpc) is 3.10. The van der Waals surface area contributed by atoms with Crippen LogP contribution in [-0.2, 0) is 16.4 Å². The van der Waals surface area contributed by atoms with Gasteiger partial charge in [-0.3, -0.25) is 19.6 Å². The van der Waals surface area contributed by atoms with Gasteiger partial charge in [-0.1, -0.05) is 36.8 Å². The van der Waals surface area contributed by atoms with Crippen molar-refractivity contribution in [2.24, 2.45) is 5.41 Å². The molecule has 0 fully saturated rings. The van der Waals surface area contributed by atoms with E-state index in [0.29, 0.717) is 39.1 Å². The molecule has 7 nitrogen and oxygen atoms in total. The number of aromatic nitrogens is 1. The van der Waals surface area contributed by atoms with E-state index in [9.17, 15) is 18.0 Å². The molecule has 0 aliphatic heterocycles. The van der Waals surface area contributed by atoms with Crippen molar-refractivity contribution in [2.75, 3.05) is 10.0 Å². The van der Waals surface area contributed by atoms with E-state index >= 15 is 0 Å². The van der Waals surface area contributed by atoms with Crippen molar-refractivity contribution >= 4 is 55.5 Å². The number of benzene rings is 2. The number of nitrogens with zero attached hydrogens (tertiary/aromatic N) is 1. The molecule has 0 saturated heterocycles. The van der Waals surface area contributed by atoms with E-state index in [1.807, 2.05) is 13.8 Å². The smallest absolute Gasteiger partial charge is 0.261 e. The van der Waals surface area contributed by atoms with E-state index in [0.717, 1.165) is 5.69 Å².